The summed E-state index contributed by atoms with van der Waals surface area (Å²) in [5, 5.41) is 8.95. The highest BCUT2D eigenvalue weighted by Gasteiger charge is 2.34. The first kappa shape index (κ1) is 15.7. The molecule has 27 heavy (non-hydrogen) atoms. The maximum absolute atomic E-state index is 12.5. The van der Waals surface area contributed by atoms with Crippen molar-refractivity contribution in [3.63, 3.8) is 0 Å². The fraction of sp³-hybridized carbons (Fsp3) is 0.278. The number of hydrogen-bond acceptors (Lipinski definition) is 7. The number of anilines is 1. The van der Waals surface area contributed by atoms with E-state index in [9.17, 15) is 9.59 Å². The molecule has 3 aliphatic heterocycles. The number of aliphatic carboxylic acids is 1. The highest BCUT2D eigenvalue weighted by molar-refractivity contribution is 6.20. The monoisotopic (exact) mass is 365 g/mol. The van der Waals surface area contributed by atoms with Crippen molar-refractivity contribution in [2.75, 3.05) is 31.1 Å². The lowest BCUT2D eigenvalue weighted by atomic mass is 9.97. The van der Waals surface area contributed by atoms with E-state index >= 15 is 0 Å². The van der Waals surface area contributed by atoms with Gasteiger partial charge in [-0.1, -0.05) is 0 Å². The Morgan fingerprint density at radius 1 is 1.26 bits per heavy atom. The highest BCUT2D eigenvalue weighted by atomic mass is 16.5. The third-order valence-electron chi connectivity index (χ3n) is 4.93. The molecule has 1 N–H and O–H groups in total. The molecule has 0 bridgehead atoms. The van der Waals surface area contributed by atoms with Crippen LogP contribution in [0.4, 0.5) is 11.5 Å². The van der Waals surface area contributed by atoms with Gasteiger partial charge in [-0.2, -0.15) is 0 Å². The second kappa shape index (κ2) is 5.76. The fourth-order valence-corrected chi connectivity index (χ4v) is 3.64. The summed E-state index contributed by atoms with van der Waals surface area (Å²) in [5.74, 6) is 0.691. The number of benzene rings is 1. The lowest BCUT2D eigenvalue weighted by Crippen LogP contribution is -2.41. The normalized spacial score (nSPS) is 17.2. The number of amidine groups is 1. The van der Waals surface area contributed by atoms with Gasteiger partial charge in [0.1, 0.15) is 25.0 Å². The number of rotatable bonds is 3. The third kappa shape index (κ3) is 2.42. The molecule has 3 aliphatic rings. The van der Waals surface area contributed by atoms with Gasteiger partial charge < -0.3 is 19.6 Å². The quantitative estimate of drug-likeness (QED) is 0.859. The summed E-state index contributed by atoms with van der Waals surface area (Å²) in [4.78, 5) is 39.6. The van der Waals surface area contributed by atoms with E-state index in [1.807, 2.05) is 17.0 Å². The molecule has 1 aromatic carbocycles. The summed E-state index contributed by atoms with van der Waals surface area (Å²) in [7, 11) is 0. The first-order valence-electron chi connectivity index (χ1n) is 8.60. The minimum Gasteiger partial charge on any atom is -0.480 e. The number of ether oxygens (including phenoxy) is 1. The molecule has 0 radical (unpaired) electrons. The maximum Gasteiger partial charge on any atom is 0.323 e. The van der Waals surface area contributed by atoms with E-state index in [-0.39, 0.29) is 12.5 Å². The Morgan fingerprint density at radius 2 is 2.15 bits per heavy atom. The predicted octanol–water partition coefficient (Wildman–Crippen LogP) is 0.850. The van der Waals surface area contributed by atoms with Crippen LogP contribution >= 0.6 is 0 Å². The average Bonchev–Trinajstić information content (AvgIpc) is 2.80. The Labute approximate surface area is 153 Å². The zero-order valence-electron chi connectivity index (χ0n) is 14.3. The predicted molar refractivity (Wildman–Crippen MR) is 94.8 cm³/mol. The largest absolute Gasteiger partial charge is 0.480 e. The van der Waals surface area contributed by atoms with Gasteiger partial charge in [0.2, 0.25) is 5.88 Å². The van der Waals surface area contributed by atoms with Crippen LogP contribution < -0.4 is 9.64 Å². The van der Waals surface area contributed by atoms with E-state index in [1.54, 1.807) is 6.07 Å². The number of carbonyl (C=O) groups is 2. The Kier molecular flexibility index (Phi) is 3.36. The lowest BCUT2D eigenvalue weighted by Gasteiger charge is -2.31. The van der Waals surface area contributed by atoms with E-state index in [0.717, 1.165) is 22.6 Å². The number of amides is 1. The van der Waals surface area contributed by atoms with E-state index in [1.165, 1.54) is 11.2 Å². The van der Waals surface area contributed by atoms with Gasteiger partial charge in [-0.15, -0.1) is 0 Å². The number of nitrogens with zero attached hydrogens (tertiary/aromatic N) is 5. The summed E-state index contributed by atoms with van der Waals surface area (Å²) in [6, 6.07) is 5.59. The molecule has 0 fully saturated rings. The molecule has 0 saturated heterocycles. The first-order chi connectivity index (χ1) is 13.1. The number of carboxylic acids is 1. The Hall–Kier alpha value is -3.49. The molecule has 0 unspecified atom stereocenters. The van der Waals surface area contributed by atoms with Crippen LogP contribution in [0, 0.1) is 0 Å². The van der Waals surface area contributed by atoms with Gasteiger partial charge in [-0.25, -0.2) is 15.0 Å². The second-order valence-electron chi connectivity index (χ2n) is 6.52. The van der Waals surface area contributed by atoms with Crippen LogP contribution in [-0.2, 0) is 11.2 Å². The molecule has 9 heteroatoms. The minimum atomic E-state index is -1.01. The SMILES string of the molecule is O=C(O)CN1CCc2cc(N3CCOc4ncnc5c4C3=N5)ccc2C1=O. The van der Waals surface area contributed by atoms with Crippen LogP contribution in [0.15, 0.2) is 29.5 Å². The topological polar surface area (TPSA) is 108 Å². The van der Waals surface area contributed by atoms with Crippen LogP contribution in [0.2, 0.25) is 0 Å². The molecular formula is C18H15N5O4. The molecular weight excluding hydrogens is 350 g/mol. The van der Waals surface area contributed by atoms with Crippen molar-refractivity contribution in [2.24, 2.45) is 4.99 Å². The minimum absolute atomic E-state index is 0.244. The zero-order valence-corrected chi connectivity index (χ0v) is 14.3. The van der Waals surface area contributed by atoms with Gasteiger partial charge in [-0.05, 0) is 30.2 Å². The molecule has 0 spiro atoms. The van der Waals surface area contributed by atoms with E-state index in [0.29, 0.717) is 43.4 Å². The van der Waals surface area contributed by atoms with Gasteiger partial charge in [0, 0.05) is 17.8 Å². The molecule has 1 amide bonds. The van der Waals surface area contributed by atoms with Crippen molar-refractivity contribution in [3.05, 3.63) is 41.2 Å². The second-order valence-corrected chi connectivity index (χ2v) is 6.52. The van der Waals surface area contributed by atoms with Crippen LogP contribution in [0.1, 0.15) is 21.5 Å². The Balaban J connectivity index is 1.47. The van der Waals surface area contributed by atoms with E-state index < -0.39 is 5.97 Å². The molecule has 136 valence electrons. The molecule has 5 rings (SSSR count). The smallest absolute Gasteiger partial charge is 0.323 e. The van der Waals surface area contributed by atoms with E-state index in [2.05, 4.69) is 15.0 Å². The Bertz CT molecular complexity index is 1020. The number of carboxylic acid groups (broad SMARTS) is 1. The van der Waals surface area contributed by atoms with Crippen molar-refractivity contribution in [1.82, 2.24) is 14.9 Å². The average molecular weight is 365 g/mol. The van der Waals surface area contributed by atoms with Crippen molar-refractivity contribution >= 4 is 29.2 Å². The molecule has 0 saturated carbocycles. The number of carbonyl (C=O) groups excluding carboxylic acids is 1. The van der Waals surface area contributed by atoms with Crippen molar-refractivity contribution in [3.8, 4) is 5.88 Å². The van der Waals surface area contributed by atoms with Crippen LogP contribution in [0.5, 0.6) is 5.88 Å². The zero-order chi connectivity index (χ0) is 18.5. The van der Waals surface area contributed by atoms with Crippen molar-refractivity contribution < 1.29 is 19.4 Å². The van der Waals surface area contributed by atoms with Crippen molar-refractivity contribution in [2.45, 2.75) is 6.42 Å². The Morgan fingerprint density at radius 3 is 3.00 bits per heavy atom. The van der Waals surface area contributed by atoms with Crippen LogP contribution in [0.25, 0.3) is 0 Å². The first-order valence-corrected chi connectivity index (χ1v) is 8.60. The lowest BCUT2D eigenvalue weighted by molar-refractivity contribution is -0.137. The van der Waals surface area contributed by atoms with Crippen molar-refractivity contribution in [1.29, 1.82) is 0 Å². The van der Waals surface area contributed by atoms with E-state index in [4.69, 9.17) is 9.84 Å². The summed E-state index contributed by atoms with van der Waals surface area (Å²) in [5.41, 5.74) is 3.20. The van der Waals surface area contributed by atoms with Gasteiger partial charge in [0.15, 0.2) is 11.7 Å². The number of aromatic nitrogens is 2. The third-order valence-corrected chi connectivity index (χ3v) is 4.93. The van der Waals surface area contributed by atoms with Gasteiger partial charge in [-0.3, -0.25) is 9.59 Å². The number of aliphatic imine (C=N–C) groups is 1. The molecule has 0 atom stereocenters. The highest BCUT2D eigenvalue weighted by Crippen LogP contribution is 2.38. The summed E-state index contributed by atoms with van der Waals surface area (Å²) in [6.07, 6.45) is 2.06. The summed E-state index contributed by atoms with van der Waals surface area (Å²) >= 11 is 0. The number of fused-ring (bicyclic) bond motifs is 1. The molecule has 1 aromatic heterocycles. The molecule has 2 aromatic rings. The van der Waals surface area contributed by atoms with Crippen LogP contribution in [-0.4, -0.2) is 63.9 Å². The number of hydrogen-bond donors (Lipinski definition) is 1. The van der Waals surface area contributed by atoms with Gasteiger partial charge >= 0.3 is 5.97 Å². The summed E-state index contributed by atoms with van der Waals surface area (Å²) < 4.78 is 5.70. The van der Waals surface area contributed by atoms with Gasteiger partial charge in [0.05, 0.1) is 6.54 Å². The standard InChI is InChI=1S/C18H15N5O4/c24-13(25)8-22-4-3-10-7-11(1-2-12(10)18(22)26)23-5-6-27-17-14-15(19-9-20-17)21-16(14)23/h1-2,7,9H,3-6,8H2,(H,24,25). The summed E-state index contributed by atoms with van der Waals surface area (Å²) in [6.45, 7) is 1.18. The molecule has 4 heterocycles. The molecule has 9 nitrogen and oxygen atoms in total. The fourth-order valence-electron chi connectivity index (χ4n) is 3.64. The molecule has 0 aliphatic carbocycles. The maximum atomic E-state index is 12.5. The van der Waals surface area contributed by atoms with Gasteiger partial charge in [0.25, 0.3) is 5.91 Å². The van der Waals surface area contributed by atoms with Crippen LogP contribution in [0.3, 0.4) is 0 Å².